The summed E-state index contributed by atoms with van der Waals surface area (Å²) in [7, 11) is 0. The van der Waals surface area contributed by atoms with Gasteiger partial charge in [-0.1, -0.05) is 19.1 Å². The number of ether oxygens (including phenoxy) is 2. The van der Waals surface area contributed by atoms with Crippen LogP contribution in [0.5, 0.6) is 0 Å². The molecule has 0 saturated carbocycles. The number of cyclic esters (lactones) is 1. The average Bonchev–Trinajstić information content (AvgIpc) is 3.18. The first-order valence-corrected chi connectivity index (χ1v) is 10.8. The Bertz CT molecular complexity index is 995. The molecule has 0 radical (unpaired) electrons. The SMILES string of the molecule is C[C@H](CC[C@@H]1CN(c2ccc(N3CCOCC3)c(F)c2)C(=O)O1)c1cccc([N+](=O)[O-])c1. The van der Waals surface area contributed by atoms with E-state index in [0.29, 0.717) is 57.1 Å². The molecular formula is C23H26FN3O5. The molecule has 2 fully saturated rings. The Morgan fingerprint density at radius 2 is 2.00 bits per heavy atom. The maximum atomic E-state index is 14.7. The molecular weight excluding hydrogens is 417 g/mol. The zero-order valence-electron chi connectivity index (χ0n) is 17.9. The molecule has 0 bridgehead atoms. The van der Waals surface area contributed by atoms with Gasteiger partial charge in [-0.25, -0.2) is 9.18 Å². The van der Waals surface area contributed by atoms with E-state index in [1.807, 2.05) is 17.9 Å². The molecule has 2 saturated heterocycles. The molecule has 0 unspecified atom stereocenters. The number of morpholine rings is 1. The summed E-state index contributed by atoms with van der Waals surface area (Å²) in [6.07, 6.45) is 0.514. The summed E-state index contributed by atoms with van der Waals surface area (Å²) in [5.74, 6) is -0.298. The minimum absolute atomic E-state index is 0.0652. The average molecular weight is 443 g/mol. The van der Waals surface area contributed by atoms with Crippen molar-refractivity contribution in [2.45, 2.75) is 31.8 Å². The van der Waals surface area contributed by atoms with Gasteiger partial charge in [-0.3, -0.25) is 15.0 Å². The van der Waals surface area contributed by atoms with Crippen molar-refractivity contribution in [2.24, 2.45) is 0 Å². The van der Waals surface area contributed by atoms with Crippen molar-refractivity contribution in [3.8, 4) is 0 Å². The molecule has 8 nitrogen and oxygen atoms in total. The third-order valence-electron chi connectivity index (χ3n) is 6.04. The maximum absolute atomic E-state index is 14.7. The second-order valence-electron chi connectivity index (χ2n) is 8.18. The van der Waals surface area contributed by atoms with Gasteiger partial charge in [0.25, 0.3) is 5.69 Å². The lowest BCUT2D eigenvalue weighted by molar-refractivity contribution is -0.384. The standard InChI is InChI=1S/C23H26FN3O5/c1-16(17-3-2-4-19(13-17)27(29)30)5-7-20-15-26(23(28)32-20)18-6-8-22(21(24)14-18)25-9-11-31-12-10-25/h2-4,6,8,13-14,16,20H,5,7,9-12,15H2,1H3/t16-,20-/m1/s1. The Hall–Kier alpha value is -3.20. The van der Waals surface area contributed by atoms with E-state index in [9.17, 15) is 19.3 Å². The van der Waals surface area contributed by atoms with Gasteiger partial charge in [-0.15, -0.1) is 0 Å². The number of nitrogens with zero attached hydrogens (tertiary/aromatic N) is 3. The lowest BCUT2D eigenvalue weighted by atomic mass is 9.94. The number of anilines is 2. The molecule has 0 N–H and O–H groups in total. The summed E-state index contributed by atoms with van der Waals surface area (Å²) in [4.78, 5) is 26.4. The monoisotopic (exact) mass is 443 g/mol. The van der Waals surface area contributed by atoms with Crippen LogP contribution in [0.15, 0.2) is 42.5 Å². The first-order chi connectivity index (χ1) is 15.4. The molecule has 9 heteroatoms. The lowest BCUT2D eigenvalue weighted by Crippen LogP contribution is -2.36. The smallest absolute Gasteiger partial charge is 0.414 e. The number of carbonyl (C=O) groups excluding carboxylic acids is 1. The summed E-state index contributed by atoms with van der Waals surface area (Å²) in [6.45, 7) is 4.73. The quantitative estimate of drug-likeness (QED) is 0.463. The van der Waals surface area contributed by atoms with Gasteiger partial charge in [-0.2, -0.15) is 0 Å². The molecule has 2 aromatic rings. The van der Waals surface area contributed by atoms with Crippen LogP contribution in [0.3, 0.4) is 0 Å². The Morgan fingerprint density at radius 3 is 2.72 bits per heavy atom. The number of carbonyl (C=O) groups is 1. The Balaban J connectivity index is 1.36. The second-order valence-corrected chi connectivity index (χ2v) is 8.18. The van der Waals surface area contributed by atoms with E-state index in [1.165, 1.54) is 17.0 Å². The number of amides is 1. The molecule has 32 heavy (non-hydrogen) atoms. The zero-order chi connectivity index (χ0) is 22.7. The highest BCUT2D eigenvalue weighted by Crippen LogP contribution is 2.31. The van der Waals surface area contributed by atoms with Crippen LogP contribution >= 0.6 is 0 Å². The van der Waals surface area contributed by atoms with Gasteiger partial charge in [0.2, 0.25) is 0 Å². The number of rotatable bonds is 7. The molecule has 1 amide bonds. The Kier molecular flexibility index (Phi) is 6.55. The molecule has 0 spiro atoms. The highest BCUT2D eigenvalue weighted by Gasteiger charge is 2.33. The summed E-state index contributed by atoms with van der Waals surface area (Å²) in [5, 5.41) is 11.0. The van der Waals surface area contributed by atoms with E-state index in [2.05, 4.69) is 0 Å². The Labute approximate surface area is 185 Å². The molecule has 170 valence electrons. The van der Waals surface area contributed by atoms with Crippen molar-refractivity contribution >= 4 is 23.2 Å². The fourth-order valence-corrected chi connectivity index (χ4v) is 4.15. The van der Waals surface area contributed by atoms with E-state index in [1.54, 1.807) is 24.3 Å². The number of halogens is 1. The highest BCUT2D eigenvalue weighted by molar-refractivity contribution is 5.90. The van der Waals surface area contributed by atoms with Gasteiger partial charge in [0, 0.05) is 25.2 Å². The molecule has 0 aliphatic carbocycles. The number of non-ortho nitro benzene ring substituents is 1. The normalized spacial score (nSPS) is 19.7. The van der Waals surface area contributed by atoms with Crippen molar-refractivity contribution in [2.75, 3.05) is 42.6 Å². The Morgan fingerprint density at radius 1 is 1.22 bits per heavy atom. The van der Waals surface area contributed by atoms with Crippen LogP contribution in [0.4, 0.5) is 26.2 Å². The fourth-order valence-electron chi connectivity index (χ4n) is 4.15. The highest BCUT2D eigenvalue weighted by atomic mass is 19.1. The molecule has 2 aliphatic heterocycles. The van der Waals surface area contributed by atoms with E-state index in [4.69, 9.17) is 9.47 Å². The number of nitro benzene ring substituents is 1. The largest absolute Gasteiger partial charge is 0.444 e. The summed E-state index contributed by atoms with van der Waals surface area (Å²) in [6, 6.07) is 11.4. The fraction of sp³-hybridized carbons (Fsp3) is 0.435. The van der Waals surface area contributed by atoms with Crippen LogP contribution in [-0.4, -0.2) is 50.0 Å². The van der Waals surface area contributed by atoms with E-state index in [0.717, 1.165) is 5.56 Å². The number of hydrogen-bond donors (Lipinski definition) is 0. The summed E-state index contributed by atoms with van der Waals surface area (Å²) in [5.41, 5.74) is 1.92. The zero-order valence-corrected chi connectivity index (χ0v) is 17.9. The third-order valence-corrected chi connectivity index (χ3v) is 6.04. The number of benzene rings is 2. The van der Waals surface area contributed by atoms with Crippen LogP contribution < -0.4 is 9.80 Å². The van der Waals surface area contributed by atoms with Gasteiger partial charge < -0.3 is 14.4 Å². The van der Waals surface area contributed by atoms with Gasteiger partial charge >= 0.3 is 6.09 Å². The first-order valence-electron chi connectivity index (χ1n) is 10.8. The number of hydrogen-bond acceptors (Lipinski definition) is 6. The molecule has 2 atom stereocenters. The first kappa shape index (κ1) is 22.0. The summed E-state index contributed by atoms with van der Waals surface area (Å²) < 4.78 is 25.5. The van der Waals surface area contributed by atoms with Crippen LogP contribution in [0.1, 0.15) is 31.2 Å². The van der Waals surface area contributed by atoms with Gasteiger partial charge in [0.05, 0.1) is 36.1 Å². The minimum atomic E-state index is -0.489. The molecule has 2 aliphatic rings. The topological polar surface area (TPSA) is 85.2 Å². The van der Waals surface area contributed by atoms with Crippen LogP contribution in [-0.2, 0) is 9.47 Å². The molecule has 0 aromatic heterocycles. The van der Waals surface area contributed by atoms with Gasteiger partial charge in [0.1, 0.15) is 11.9 Å². The van der Waals surface area contributed by atoms with Crippen LogP contribution in [0.2, 0.25) is 0 Å². The van der Waals surface area contributed by atoms with Crippen LogP contribution in [0.25, 0.3) is 0 Å². The molecule has 2 heterocycles. The number of nitro groups is 1. The van der Waals surface area contributed by atoms with Crippen molar-refractivity contribution in [3.05, 3.63) is 64.0 Å². The van der Waals surface area contributed by atoms with Crippen molar-refractivity contribution in [3.63, 3.8) is 0 Å². The molecule has 4 rings (SSSR count). The summed E-state index contributed by atoms with van der Waals surface area (Å²) >= 11 is 0. The predicted molar refractivity (Wildman–Crippen MR) is 118 cm³/mol. The van der Waals surface area contributed by atoms with Crippen LogP contribution in [0, 0.1) is 15.9 Å². The lowest BCUT2D eigenvalue weighted by Gasteiger charge is -2.29. The van der Waals surface area contributed by atoms with E-state index in [-0.39, 0.29) is 23.5 Å². The van der Waals surface area contributed by atoms with Crippen molar-refractivity contribution in [1.29, 1.82) is 0 Å². The van der Waals surface area contributed by atoms with E-state index >= 15 is 0 Å². The van der Waals surface area contributed by atoms with Gasteiger partial charge in [0.15, 0.2) is 0 Å². The predicted octanol–water partition coefficient (Wildman–Crippen LogP) is 4.48. The van der Waals surface area contributed by atoms with Crippen molar-refractivity contribution < 1.29 is 23.6 Å². The third kappa shape index (κ3) is 4.83. The van der Waals surface area contributed by atoms with E-state index < -0.39 is 11.0 Å². The maximum Gasteiger partial charge on any atom is 0.414 e. The minimum Gasteiger partial charge on any atom is -0.444 e. The van der Waals surface area contributed by atoms with Gasteiger partial charge in [-0.05, 0) is 42.5 Å². The second kappa shape index (κ2) is 9.52. The molecule has 2 aromatic carbocycles. The van der Waals surface area contributed by atoms with Crippen molar-refractivity contribution in [1.82, 2.24) is 0 Å².